The van der Waals surface area contributed by atoms with Crippen LogP contribution in [0.1, 0.15) is 23.6 Å². The van der Waals surface area contributed by atoms with Crippen molar-refractivity contribution in [2.75, 3.05) is 0 Å². The molecule has 0 atom stereocenters. The van der Waals surface area contributed by atoms with Gasteiger partial charge in [-0.05, 0) is 76.9 Å². The van der Waals surface area contributed by atoms with Crippen molar-refractivity contribution >= 4 is 0 Å². The van der Waals surface area contributed by atoms with Gasteiger partial charge in [0, 0.05) is 5.56 Å². The van der Waals surface area contributed by atoms with E-state index in [-0.39, 0.29) is 11.6 Å². The molecule has 1 aliphatic rings. The molecule has 0 bridgehead atoms. The van der Waals surface area contributed by atoms with Gasteiger partial charge in [0.25, 0.3) is 0 Å². The van der Waals surface area contributed by atoms with Crippen molar-refractivity contribution in [1.29, 1.82) is 0 Å². The van der Waals surface area contributed by atoms with E-state index in [0.717, 1.165) is 36.0 Å². The fraction of sp³-hybridized carbons (Fsp3) is 0.182. The minimum Gasteiger partial charge on any atom is -0.207 e. The second kappa shape index (κ2) is 5.86. The average molecular weight is 320 g/mol. The predicted octanol–water partition coefficient (Wildman–Crippen LogP) is 5.96. The zero-order valence-corrected chi connectivity index (χ0v) is 13.6. The van der Waals surface area contributed by atoms with Crippen LogP contribution >= 0.6 is 0 Å². The molecule has 0 radical (unpaired) electrons. The Balaban J connectivity index is 1.83. The monoisotopic (exact) mass is 320 g/mol. The Morgan fingerprint density at radius 1 is 0.750 bits per heavy atom. The lowest BCUT2D eigenvalue weighted by atomic mass is 9.83. The molecule has 0 amide bonds. The van der Waals surface area contributed by atoms with Gasteiger partial charge in [-0.1, -0.05) is 37.3 Å². The molecule has 24 heavy (non-hydrogen) atoms. The summed E-state index contributed by atoms with van der Waals surface area (Å²) < 4.78 is 27.8. The van der Waals surface area contributed by atoms with Gasteiger partial charge in [-0.3, -0.25) is 0 Å². The number of halogens is 2. The summed E-state index contributed by atoms with van der Waals surface area (Å²) in [5.74, 6) is -0.564. The minimum absolute atomic E-state index is 0.257. The van der Waals surface area contributed by atoms with E-state index >= 15 is 0 Å². The Morgan fingerprint density at radius 3 is 2.17 bits per heavy atom. The fourth-order valence-electron chi connectivity index (χ4n) is 3.53. The Hall–Kier alpha value is -2.48. The smallest absolute Gasteiger partial charge is 0.131 e. The maximum absolute atomic E-state index is 14.7. The highest BCUT2D eigenvalue weighted by Crippen LogP contribution is 2.37. The van der Waals surface area contributed by atoms with Crippen LogP contribution in [0.2, 0.25) is 0 Å². The first-order chi connectivity index (χ1) is 11.7. The van der Waals surface area contributed by atoms with Gasteiger partial charge in [-0.2, -0.15) is 0 Å². The molecule has 4 rings (SSSR count). The molecule has 0 fully saturated rings. The van der Waals surface area contributed by atoms with Gasteiger partial charge in [-0.25, -0.2) is 8.78 Å². The van der Waals surface area contributed by atoms with Gasteiger partial charge in [-0.15, -0.1) is 0 Å². The highest BCUT2D eigenvalue weighted by atomic mass is 19.1. The maximum atomic E-state index is 14.7. The van der Waals surface area contributed by atoms with E-state index in [2.05, 4.69) is 25.1 Å². The Morgan fingerprint density at radius 2 is 1.46 bits per heavy atom. The number of hydrogen-bond donors (Lipinski definition) is 0. The van der Waals surface area contributed by atoms with Gasteiger partial charge in [0.2, 0.25) is 0 Å². The van der Waals surface area contributed by atoms with Gasteiger partial charge >= 0.3 is 0 Å². The number of hydrogen-bond acceptors (Lipinski definition) is 0. The largest absolute Gasteiger partial charge is 0.207 e. The minimum atomic E-state index is -0.308. The molecular formula is C22H18F2. The van der Waals surface area contributed by atoms with Crippen LogP contribution in [-0.2, 0) is 19.3 Å². The molecule has 0 spiro atoms. The van der Waals surface area contributed by atoms with Crippen LogP contribution in [0.3, 0.4) is 0 Å². The quantitative estimate of drug-likeness (QED) is 0.546. The third-order valence-electron chi connectivity index (χ3n) is 4.88. The van der Waals surface area contributed by atoms with Crippen molar-refractivity contribution in [3.63, 3.8) is 0 Å². The molecule has 0 saturated heterocycles. The standard InChI is InChI=1S/C22H18F2/c1-2-14-3-10-19-16(11-14)4-5-17-12-21(22(24)13-20(17)19)15-6-8-18(23)9-7-15/h3,6-13H,2,4-5H2,1H3. The van der Waals surface area contributed by atoms with E-state index < -0.39 is 0 Å². The van der Waals surface area contributed by atoms with Crippen molar-refractivity contribution in [2.45, 2.75) is 26.2 Å². The number of benzene rings is 3. The summed E-state index contributed by atoms with van der Waals surface area (Å²) in [6, 6.07) is 16.0. The van der Waals surface area contributed by atoms with Gasteiger partial charge in [0.05, 0.1) is 0 Å². The normalized spacial score (nSPS) is 12.6. The molecular weight excluding hydrogens is 302 g/mol. The second-order valence-electron chi connectivity index (χ2n) is 6.34. The summed E-state index contributed by atoms with van der Waals surface area (Å²) in [5.41, 5.74) is 7.16. The van der Waals surface area contributed by atoms with E-state index in [1.807, 2.05) is 6.07 Å². The molecule has 0 N–H and O–H groups in total. The van der Waals surface area contributed by atoms with Gasteiger partial charge < -0.3 is 0 Å². The summed E-state index contributed by atoms with van der Waals surface area (Å²) in [6.45, 7) is 2.15. The van der Waals surface area contributed by atoms with Crippen molar-refractivity contribution in [2.24, 2.45) is 0 Å². The summed E-state index contributed by atoms with van der Waals surface area (Å²) in [6.07, 6.45) is 2.90. The molecule has 3 aromatic rings. The van der Waals surface area contributed by atoms with E-state index in [0.29, 0.717) is 11.1 Å². The number of aryl methyl sites for hydroxylation is 3. The topological polar surface area (TPSA) is 0 Å². The zero-order valence-electron chi connectivity index (χ0n) is 13.6. The van der Waals surface area contributed by atoms with Crippen LogP contribution < -0.4 is 0 Å². The maximum Gasteiger partial charge on any atom is 0.131 e. The molecule has 0 unspecified atom stereocenters. The van der Waals surface area contributed by atoms with Gasteiger partial charge in [0.1, 0.15) is 11.6 Å². The number of rotatable bonds is 2. The van der Waals surface area contributed by atoms with E-state index in [1.54, 1.807) is 18.2 Å². The van der Waals surface area contributed by atoms with Crippen LogP contribution in [0.4, 0.5) is 8.78 Å². The van der Waals surface area contributed by atoms with E-state index in [1.165, 1.54) is 23.3 Å². The van der Waals surface area contributed by atoms with Crippen LogP contribution in [0.15, 0.2) is 54.6 Å². The highest BCUT2D eigenvalue weighted by Gasteiger charge is 2.19. The highest BCUT2D eigenvalue weighted by molar-refractivity contribution is 5.78. The SMILES string of the molecule is CCc1ccc2c(c1)CCc1cc(-c3ccc(F)cc3)c(F)cc1-2. The molecule has 0 aromatic heterocycles. The lowest BCUT2D eigenvalue weighted by Crippen LogP contribution is -2.06. The zero-order chi connectivity index (χ0) is 16.7. The van der Waals surface area contributed by atoms with Crippen molar-refractivity contribution < 1.29 is 8.78 Å². The molecule has 0 aliphatic heterocycles. The molecule has 0 saturated carbocycles. The first-order valence-electron chi connectivity index (χ1n) is 8.36. The molecule has 3 aromatic carbocycles. The molecule has 0 heterocycles. The first-order valence-corrected chi connectivity index (χ1v) is 8.36. The third kappa shape index (κ3) is 2.52. The number of fused-ring (bicyclic) bond motifs is 3. The second-order valence-corrected chi connectivity index (χ2v) is 6.34. The third-order valence-corrected chi connectivity index (χ3v) is 4.88. The first kappa shape index (κ1) is 15.1. The lowest BCUT2D eigenvalue weighted by molar-refractivity contribution is 0.625. The predicted molar refractivity (Wildman–Crippen MR) is 94.0 cm³/mol. The molecule has 1 aliphatic carbocycles. The summed E-state index contributed by atoms with van der Waals surface area (Å²) in [7, 11) is 0. The van der Waals surface area contributed by atoms with Crippen molar-refractivity contribution in [3.8, 4) is 22.3 Å². The van der Waals surface area contributed by atoms with Gasteiger partial charge in [0.15, 0.2) is 0 Å². The van der Waals surface area contributed by atoms with E-state index in [9.17, 15) is 8.78 Å². The molecule has 120 valence electrons. The van der Waals surface area contributed by atoms with Crippen LogP contribution in [0.5, 0.6) is 0 Å². The fourth-order valence-corrected chi connectivity index (χ4v) is 3.53. The lowest BCUT2D eigenvalue weighted by Gasteiger charge is -2.22. The van der Waals surface area contributed by atoms with Crippen LogP contribution in [-0.4, -0.2) is 0 Å². The summed E-state index contributed by atoms with van der Waals surface area (Å²) in [5, 5.41) is 0. The summed E-state index contributed by atoms with van der Waals surface area (Å²) in [4.78, 5) is 0. The van der Waals surface area contributed by atoms with Crippen molar-refractivity contribution in [1.82, 2.24) is 0 Å². The average Bonchev–Trinajstić information content (AvgIpc) is 2.61. The molecule has 2 heteroatoms. The van der Waals surface area contributed by atoms with E-state index in [4.69, 9.17) is 0 Å². The van der Waals surface area contributed by atoms with Crippen LogP contribution in [0.25, 0.3) is 22.3 Å². The Labute approximate surface area is 140 Å². The molecule has 0 nitrogen and oxygen atoms in total. The Bertz CT molecular complexity index is 908. The Kier molecular flexibility index (Phi) is 3.68. The van der Waals surface area contributed by atoms with Crippen LogP contribution in [0, 0.1) is 11.6 Å². The summed E-state index contributed by atoms with van der Waals surface area (Å²) >= 11 is 0. The van der Waals surface area contributed by atoms with Crippen molar-refractivity contribution in [3.05, 3.63) is 82.9 Å².